The van der Waals surface area contributed by atoms with Crippen molar-refractivity contribution in [1.82, 2.24) is 5.43 Å². The van der Waals surface area contributed by atoms with E-state index >= 15 is 0 Å². The van der Waals surface area contributed by atoms with E-state index in [4.69, 9.17) is 4.74 Å². The van der Waals surface area contributed by atoms with Gasteiger partial charge in [-0.15, -0.1) is 0 Å². The second-order valence-corrected chi connectivity index (χ2v) is 6.80. The molecule has 0 saturated carbocycles. The van der Waals surface area contributed by atoms with Gasteiger partial charge in [0.15, 0.2) is 0 Å². The highest BCUT2D eigenvalue weighted by atomic mass is 16.5. The average Bonchev–Trinajstić information content (AvgIpc) is 2.76. The molecule has 0 fully saturated rings. The summed E-state index contributed by atoms with van der Waals surface area (Å²) in [5, 5.41) is 0. The fraction of sp³-hybridized carbons (Fsp3) is 0.391. The quantitative estimate of drug-likeness (QED) is 0.313. The minimum absolute atomic E-state index is 0.113. The number of hydrogen-bond acceptors (Lipinski definition) is 5. The molecule has 6 heteroatoms. The average molecular weight is 399 g/mol. The minimum Gasteiger partial charge on any atom is -0.494 e. The van der Waals surface area contributed by atoms with E-state index < -0.39 is 5.97 Å². The van der Waals surface area contributed by atoms with Crippen LogP contribution >= 0.6 is 0 Å². The van der Waals surface area contributed by atoms with Crippen LogP contribution in [0.25, 0.3) is 0 Å². The lowest BCUT2D eigenvalue weighted by molar-refractivity contribution is -0.120. The Morgan fingerprint density at radius 3 is 2.31 bits per heavy atom. The van der Waals surface area contributed by atoms with Gasteiger partial charge in [0.25, 0.3) is 0 Å². The number of unbranched alkanes of at least 4 members (excludes halogenated alkanes) is 3. The Bertz CT molecular complexity index is 757. The van der Waals surface area contributed by atoms with Crippen molar-refractivity contribution >= 4 is 17.6 Å². The Hall–Kier alpha value is -3.02. The zero-order valence-corrected chi connectivity index (χ0v) is 17.2. The van der Waals surface area contributed by atoms with Gasteiger partial charge in [-0.25, -0.2) is 4.79 Å². The first-order chi connectivity index (χ1) is 14.1. The predicted molar refractivity (Wildman–Crippen MR) is 114 cm³/mol. The number of hydrazine groups is 1. The Morgan fingerprint density at radius 1 is 0.931 bits per heavy atom. The van der Waals surface area contributed by atoms with Gasteiger partial charge in [0.2, 0.25) is 5.91 Å². The van der Waals surface area contributed by atoms with Gasteiger partial charge >= 0.3 is 5.97 Å². The highest BCUT2D eigenvalue weighted by Crippen LogP contribution is 2.14. The maximum Gasteiger partial charge on any atom is 0.337 e. The van der Waals surface area contributed by atoms with Crippen molar-refractivity contribution < 1.29 is 19.1 Å². The van der Waals surface area contributed by atoms with Crippen molar-refractivity contribution in [3.8, 4) is 5.75 Å². The molecule has 2 aromatic rings. The molecule has 0 aliphatic rings. The molecule has 0 aliphatic heterocycles. The van der Waals surface area contributed by atoms with Gasteiger partial charge in [0, 0.05) is 6.42 Å². The number of benzene rings is 2. The van der Waals surface area contributed by atoms with Crippen molar-refractivity contribution in [3.63, 3.8) is 0 Å². The van der Waals surface area contributed by atoms with Crippen LogP contribution in [-0.4, -0.2) is 25.6 Å². The third-order valence-electron chi connectivity index (χ3n) is 4.48. The monoisotopic (exact) mass is 398 g/mol. The summed E-state index contributed by atoms with van der Waals surface area (Å²) >= 11 is 0. The van der Waals surface area contributed by atoms with Gasteiger partial charge in [-0.05, 0) is 54.8 Å². The maximum absolute atomic E-state index is 12.0. The molecular formula is C23H30N2O4. The molecular weight excluding hydrogens is 368 g/mol. The molecule has 29 heavy (non-hydrogen) atoms. The molecule has 6 nitrogen and oxygen atoms in total. The van der Waals surface area contributed by atoms with Gasteiger partial charge in [0.1, 0.15) is 5.75 Å². The first-order valence-corrected chi connectivity index (χ1v) is 10.1. The first kappa shape index (κ1) is 22.3. The molecule has 0 atom stereocenters. The highest BCUT2D eigenvalue weighted by molar-refractivity contribution is 5.89. The van der Waals surface area contributed by atoms with Gasteiger partial charge in [-0.1, -0.05) is 38.3 Å². The summed E-state index contributed by atoms with van der Waals surface area (Å²) in [6.07, 6.45) is 5.76. The standard InChI is InChI=1S/C23H30N2O4/c1-3-4-5-6-17-29-21-14-7-18(8-15-21)9-16-22(26)25-24-20-12-10-19(11-13-20)23(27)28-2/h7-8,10-15,24H,3-6,9,16-17H2,1-2H3,(H,25,26). The number of carbonyl (C=O) groups is 2. The van der Waals surface area contributed by atoms with Gasteiger partial charge < -0.3 is 9.47 Å². The molecule has 0 aliphatic carbocycles. The summed E-state index contributed by atoms with van der Waals surface area (Å²) in [5.74, 6) is 0.360. The van der Waals surface area contributed by atoms with E-state index in [0.29, 0.717) is 24.1 Å². The Balaban J connectivity index is 1.67. The number of rotatable bonds is 12. The predicted octanol–water partition coefficient (Wildman–Crippen LogP) is 4.51. The second-order valence-electron chi connectivity index (χ2n) is 6.80. The van der Waals surface area contributed by atoms with Crippen LogP contribution in [0.1, 0.15) is 54.9 Å². The van der Waals surface area contributed by atoms with Crippen molar-refractivity contribution in [3.05, 3.63) is 59.7 Å². The fourth-order valence-corrected chi connectivity index (χ4v) is 2.74. The lowest BCUT2D eigenvalue weighted by Crippen LogP contribution is -2.29. The Labute approximate surface area is 172 Å². The van der Waals surface area contributed by atoms with Crippen molar-refractivity contribution in [1.29, 1.82) is 0 Å². The van der Waals surface area contributed by atoms with Crippen molar-refractivity contribution in [2.45, 2.75) is 45.4 Å². The van der Waals surface area contributed by atoms with E-state index in [1.54, 1.807) is 24.3 Å². The largest absolute Gasteiger partial charge is 0.494 e. The normalized spacial score (nSPS) is 10.3. The Kier molecular flexibility index (Phi) is 9.55. The zero-order valence-electron chi connectivity index (χ0n) is 17.2. The number of ether oxygens (including phenoxy) is 2. The fourth-order valence-electron chi connectivity index (χ4n) is 2.74. The van der Waals surface area contributed by atoms with Gasteiger partial charge in [-0.3, -0.25) is 15.6 Å². The van der Waals surface area contributed by atoms with Gasteiger partial charge in [0.05, 0.1) is 25.0 Å². The third-order valence-corrected chi connectivity index (χ3v) is 4.48. The van der Waals surface area contributed by atoms with Crippen LogP contribution in [0.15, 0.2) is 48.5 Å². The number of carbonyl (C=O) groups excluding carboxylic acids is 2. The molecule has 2 N–H and O–H groups in total. The molecule has 0 aromatic heterocycles. The number of amides is 1. The van der Waals surface area contributed by atoms with E-state index in [1.807, 2.05) is 24.3 Å². The SMILES string of the molecule is CCCCCCOc1ccc(CCC(=O)NNc2ccc(C(=O)OC)cc2)cc1. The van der Waals surface area contributed by atoms with Crippen LogP contribution in [0.2, 0.25) is 0 Å². The molecule has 0 heterocycles. The molecule has 0 spiro atoms. The van der Waals surface area contributed by atoms with E-state index in [9.17, 15) is 9.59 Å². The van der Waals surface area contributed by atoms with Crippen LogP contribution in [0, 0.1) is 0 Å². The number of anilines is 1. The summed E-state index contributed by atoms with van der Waals surface area (Å²) in [7, 11) is 1.34. The third kappa shape index (κ3) is 8.25. The molecule has 0 radical (unpaired) electrons. The number of nitrogens with one attached hydrogen (secondary N) is 2. The number of aryl methyl sites for hydroxylation is 1. The van der Waals surface area contributed by atoms with Crippen LogP contribution in [0.5, 0.6) is 5.75 Å². The highest BCUT2D eigenvalue weighted by Gasteiger charge is 2.06. The summed E-state index contributed by atoms with van der Waals surface area (Å²) in [6.45, 7) is 2.94. The molecule has 0 bridgehead atoms. The minimum atomic E-state index is -0.395. The zero-order chi connectivity index (χ0) is 20.9. The molecule has 0 saturated heterocycles. The summed E-state index contributed by atoms with van der Waals surface area (Å²) in [6, 6.07) is 14.6. The van der Waals surface area contributed by atoms with E-state index in [2.05, 4.69) is 22.5 Å². The topological polar surface area (TPSA) is 76.7 Å². The van der Waals surface area contributed by atoms with Crippen LogP contribution < -0.4 is 15.6 Å². The van der Waals surface area contributed by atoms with Gasteiger partial charge in [-0.2, -0.15) is 0 Å². The summed E-state index contributed by atoms with van der Waals surface area (Å²) in [5.41, 5.74) is 7.72. The molecule has 0 unspecified atom stereocenters. The Morgan fingerprint density at radius 2 is 1.66 bits per heavy atom. The lowest BCUT2D eigenvalue weighted by atomic mass is 10.1. The number of esters is 1. The molecule has 2 aromatic carbocycles. The van der Waals surface area contributed by atoms with E-state index in [0.717, 1.165) is 24.3 Å². The van der Waals surface area contributed by atoms with Crippen molar-refractivity contribution in [2.75, 3.05) is 19.1 Å². The summed E-state index contributed by atoms with van der Waals surface area (Å²) in [4.78, 5) is 23.4. The number of methoxy groups -OCH3 is 1. The smallest absolute Gasteiger partial charge is 0.337 e. The van der Waals surface area contributed by atoms with Crippen molar-refractivity contribution in [2.24, 2.45) is 0 Å². The molecule has 2 rings (SSSR count). The maximum atomic E-state index is 12.0. The van der Waals surface area contributed by atoms with Crippen LogP contribution in [-0.2, 0) is 16.0 Å². The van der Waals surface area contributed by atoms with E-state index in [1.165, 1.54) is 26.4 Å². The number of hydrogen-bond donors (Lipinski definition) is 2. The lowest BCUT2D eigenvalue weighted by Gasteiger charge is -2.10. The summed E-state index contributed by atoms with van der Waals surface area (Å²) < 4.78 is 10.4. The second kappa shape index (κ2) is 12.4. The van der Waals surface area contributed by atoms with Crippen LogP contribution in [0.4, 0.5) is 5.69 Å². The molecule has 156 valence electrons. The first-order valence-electron chi connectivity index (χ1n) is 10.1. The van der Waals surface area contributed by atoms with E-state index in [-0.39, 0.29) is 5.91 Å². The van der Waals surface area contributed by atoms with Crippen LogP contribution in [0.3, 0.4) is 0 Å². The molecule has 1 amide bonds.